The third kappa shape index (κ3) is 12.0. The highest BCUT2D eigenvalue weighted by Gasteiger charge is 2.38. The molecular formula is C24H29F6N3O6. The molecule has 0 spiro atoms. The predicted molar refractivity (Wildman–Crippen MR) is 123 cm³/mol. The standard InChI is InChI=1S/C20H27N3O2.2C2HF3O2/c1-2-19-13-22(12-17-5-10-24-11-6-17)14-20(15-23(19)9-1)25-16-18-3-7-21-8-4-18;2*3-2(4,5)1(6)7/h1-4,7-9,17,20H,5-6,10-16H2;2*(H,6,7). The zero-order valence-electron chi connectivity index (χ0n) is 20.7. The Morgan fingerprint density at radius 3 is 2.08 bits per heavy atom. The van der Waals surface area contributed by atoms with Crippen molar-refractivity contribution in [1.29, 1.82) is 0 Å². The van der Waals surface area contributed by atoms with Crippen LogP contribution in [0.4, 0.5) is 26.3 Å². The van der Waals surface area contributed by atoms with Crippen molar-refractivity contribution in [2.24, 2.45) is 5.92 Å². The molecule has 0 amide bonds. The molecule has 1 fully saturated rings. The first-order valence-electron chi connectivity index (χ1n) is 11.8. The number of carbonyl (C=O) groups is 2. The molecule has 2 N–H and O–H groups in total. The molecule has 1 saturated heterocycles. The van der Waals surface area contributed by atoms with Crippen LogP contribution in [0, 0.1) is 5.92 Å². The lowest BCUT2D eigenvalue weighted by Crippen LogP contribution is -2.37. The Morgan fingerprint density at radius 1 is 0.974 bits per heavy atom. The molecule has 39 heavy (non-hydrogen) atoms. The number of alkyl halides is 6. The zero-order valence-corrected chi connectivity index (χ0v) is 20.7. The second kappa shape index (κ2) is 14.8. The predicted octanol–water partition coefficient (Wildman–Crippen LogP) is 3.98. The number of carboxylic acids is 2. The molecule has 0 aliphatic carbocycles. The van der Waals surface area contributed by atoms with Gasteiger partial charge in [-0.1, -0.05) is 0 Å². The quantitative estimate of drug-likeness (QED) is 0.520. The second-order valence-corrected chi connectivity index (χ2v) is 8.80. The van der Waals surface area contributed by atoms with Crippen molar-refractivity contribution in [3.8, 4) is 0 Å². The molecular weight excluding hydrogens is 540 g/mol. The van der Waals surface area contributed by atoms with Gasteiger partial charge in [0.1, 0.15) is 0 Å². The molecule has 2 aromatic rings. The highest BCUT2D eigenvalue weighted by Crippen LogP contribution is 2.21. The first-order valence-corrected chi connectivity index (χ1v) is 11.8. The molecule has 0 bridgehead atoms. The SMILES string of the molecule is O=C(O)C(F)(F)F.O=C(O)C(F)(F)F.c1cc2n(c1)CC(OCc1ccncc1)CN(CC1CCOCC1)C2. The van der Waals surface area contributed by atoms with Gasteiger partial charge in [0.2, 0.25) is 0 Å². The van der Waals surface area contributed by atoms with E-state index >= 15 is 0 Å². The molecule has 2 aliphatic rings. The van der Waals surface area contributed by atoms with Crippen molar-refractivity contribution in [2.45, 2.75) is 51.0 Å². The number of carboxylic acid groups (broad SMARTS) is 2. The average Bonchev–Trinajstić information content (AvgIpc) is 3.22. The van der Waals surface area contributed by atoms with Crippen LogP contribution in [0.3, 0.4) is 0 Å². The molecule has 2 aliphatic heterocycles. The van der Waals surface area contributed by atoms with Crippen LogP contribution >= 0.6 is 0 Å². The summed E-state index contributed by atoms with van der Waals surface area (Å²) in [6.07, 6.45) is -1.77. The third-order valence-electron chi connectivity index (χ3n) is 5.75. The molecule has 1 atom stereocenters. The first-order chi connectivity index (χ1) is 18.3. The van der Waals surface area contributed by atoms with Crippen LogP contribution in [0.5, 0.6) is 0 Å². The van der Waals surface area contributed by atoms with Crippen molar-refractivity contribution in [3.05, 3.63) is 54.1 Å². The smallest absolute Gasteiger partial charge is 0.475 e. The molecule has 1 unspecified atom stereocenters. The molecule has 4 rings (SSSR count). The fraction of sp³-hybridized carbons (Fsp3) is 0.542. The minimum absolute atomic E-state index is 0.210. The number of nitrogens with zero attached hydrogens (tertiary/aromatic N) is 3. The highest BCUT2D eigenvalue weighted by molar-refractivity contribution is 5.73. The Labute approximate surface area is 219 Å². The van der Waals surface area contributed by atoms with Gasteiger partial charge in [-0.05, 0) is 48.6 Å². The Balaban J connectivity index is 0.000000317. The normalized spacial score (nSPS) is 18.5. The van der Waals surface area contributed by atoms with E-state index in [-0.39, 0.29) is 6.10 Å². The second-order valence-electron chi connectivity index (χ2n) is 8.80. The van der Waals surface area contributed by atoms with Crippen LogP contribution in [-0.2, 0) is 38.8 Å². The number of rotatable bonds is 5. The fourth-order valence-electron chi connectivity index (χ4n) is 3.86. The lowest BCUT2D eigenvalue weighted by molar-refractivity contribution is -0.193. The van der Waals surface area contributed by atoms with Crippen LogP contribution < -0.4 is 0 Å². The van der Waals surface area contributed by atoms with Crippen molar-refractivity contribution < 1.29 is 55.6 Å². The van der Waals surface area contributed by atoms with E-state index in [4.69, 9.17) is 29.3 Å². The summed E-state index contributed by atoms with van der Waals surface area (Å²) in [5.74, 6) is -4.77. The monoisotopic (exact) mass is 569 g/mol. The molecule has 4 heterocycles. The molecule has 0 saturated carbocycles. The third-order valence-corrected chi connectivity index (χ3v) is 5.75. The molecule has 2 aromatic heterocycles. The van der Waals surface area contributed by atoms with Crippen LogP contribution in [-0.4, -0.2) is 81.4 Å². The summed E-state index contributed by atoms with van der Waals surface area (Å²) >= 11 is 0. The maximum atomic E-state index is 10.6. The number of hydrogen-bond donors (Lipinski definition) is 2. The van der Waals surface area contributed by atoms with Crippen molar-refractivity contribution >= 4 is 11.9 Å². The van der Waals surface area contributed by atoms with Crippen LogP contribution in [0.2, 0.25) is 0 Å². The van der Waals surface area contributed by atoms with Gasteiger partial charge in [-0.25, -0.2) is 9.59 Å². The number of aliphatic carboxylic acids is 2. The summed E-state index contributed by atoms with van der Waals surface area (Å²) in [7, 11) is 0. The van der Waals surface area contributed by atoms with Gasteiger partial charge in [0.15, 0.2) is 0 Å². The Hall–Kier alpha value is -3.17. The number of fused-ring (bicyclic) bond motifs is 1. The van der Waals surface area contributed by atoms with Crippen LogP contribution in [0.25, 0.3) is 0 Å². The van der Waals surface area contributed by atoms with Gasteiger partial charge >= 0.3 is 24.3 Å². The first kappa shape index (κ1) is 32.0. The largest absolute Gasteiger partial charge is 0.490 e. The van der Waals surface area contributed by atoms with Gasteiger partial charge in [0.25, 0.3) is 0 Å². The molecule has 9 nitrogen and oxygen atoms in total. The number of halogens is 6. The number of pyridine rings is 1. The van der Waals surface area contributed by atoms with Gasteiger partial charge in [-0.3, -0.25) is 9.88 Å². The molecule has 15 heteroatoms. The molecule has 218 valence electrons. The minimum atomic E-state index is -5.08. The van der Waals surface area contributed by atoms with Crippen LogP contribution in [0.15, 0.2) is 42.9 Å². The Bertz CT molecular complexity index is 1000. The maximum absolute atomic E-state index is 10.6. The Morgan fingerprint density at radius 2 is 1.54 bits per heavy atom. The van der Waals surface area contributed by atoms with Gasteiger partial charge < -0.3 is 24.3 Å². The summed E-state index contributed by atoms with van der Waals surface area (Å²) in [5, 5.41) is 14.2. The lowest BCUT2D eigenvalue weighted by Gasteiger charge is -2.30. The van der Waals surface area contributed by atoms with Gasteiger partial charge in [-0.2, -0.15) is 26.3 Å². The van der Waals surface area contributed by atoms with Gasteiger partial charge in [-0.15, -0.1) is 0 Å². The number of ether oxygens (including phenoxy) is 2. The molecule has 0 aromatic carbocycles. The zero-order chi connectivity index (χ0) is 29.1. The van der Waals surface area contributed by atoms with Gasteiger partial charge in [0, 0.05) is 63.7 Å². The summed E-state index contributed by atoms with van der Waals surface area (Å²) in [4.78, 5) is 24.4. The van der Waals surface area contributed by atoms with E-state index in [1.54, 1.807) is 0 Å². The minimum Gasteiger partial charge on any atom is -0.475 e. The average molecular weight is 569 g/mol. The van der Waals surface area contributed by atoms with E-state index < -0.39 is 24.3 Å². The van der Waals surface area contributed by atoms with Crippen LogP contribution in [0.1, 0.15) is 24.1 Å². The summed E-state index contributed by atoms with van der Waals surface area (Å²) < 4.78 is 77.6. The van der Waals surface area contributed by atoms with E-state index in [2.05, 4.69) is 32.8 Å². The highest BCUT2D eigenvalue weighted by atomic mass is 19.4. The summed E-state index contributed by atoms with van der Waals surface area (Å²) in [6, 6.07) is 8.44. The van der Waals surface area contributed by atoms with Crippen molar-refractivity contribution in [1.82, 2.24) is 14.5 Å². The van der Waals surface area contributed by atoms with E-state index in [0.29, 0.717) is 6.61 Å². The molecule has 0 radical (unpaired) electrons. The van der Waals surface area contributed by atoms with Crippen molar-refractivity contribution in [3.63, 3.8) is 0 Å². The lowest BCUT2D eigenvalue weighted by atomic mass is 9.99. The maximum Gasteiger partial charge on any atom is 0.490 e. The Kier molecular flexibility index (Phi) is 12.2. The number of hydrogen-bond acceptors (Lipinski definition) is 6. The van der Waals surface area contributed by atoms with E-state index in [1.807, 2.05) is 24.5 Å². The van der Waals surface area contributed by atoms with Crippen molar-refractivity contribution in [2.75, 3.05) is 26.3 Å². The summed E-state index contributed by atoms with van der Waals surface area (Å²) in [6.45, 7) is 6.55. The van der Waals surface area contributed by atoms with E-state index in [0.717, 1.165) is 45.3 Å². The fourth-order valence-corrected chi connectivity index (χ4v) is 3.86. The topological polar surface area (TPSA) is 114 Å². The van der Waals surface area contributed by atoms with E-state index in [9.17, 15) is 26.3 Å². The van der Waals surface area contributed by atoms with E-state index in [1.165, 1.54) is 24.1 Å². The van der Waals surface area contributed by atoms with Gasteiger partial charge in [0.05, 0.1) is 12.7 Å². The number of aromatic nitrogens is 2. The summed E-state index contributed by atoms with van der Waals surface area (Å²) in [5.41, 5.74) is 2.57.